The van der Waals surface area contributed by atoms with Crippen molar-refractivity contribution in [3.05, 3.63) is 45.0 Å². The van der Waals surface area contributed by atoms with Gasteiger partial charge in [0.15, 0.2) is 0 Å². The van der Waals surface area contributed by atoms with Crippen LogP contribution in [-0.2, 0) is 0 Å². The fourth-order valence-electron chi connectivity index (χ4n) is 1.87. The number of halogens is 2. The molecule has 22 heavy (non-hydrogen) atoms. The lowest BCUT2D eigenvalue weighted by molar-refractivity contribution is 1.22. The average Bonchev–Trinajstić information content (AvgIpc) is 3.04. The highest BCUT2D eigenvalue weighted by atomic mass is 79.9. The van der Waals surface area contributed by atoms with Crippen LogP contribution in [0.25, 0.3) is 22.1 Å². The topological polar surface area (TPSA) is 88.5 Å². The Morgan fingerprint density at radius 1 is 1.27 bits per heavy atom. The Morgan fingerprint density at radius 2 is 2.09 bits per heavy atom. The molecule has 0 spiro atoms. The van der Waals surface area contributed by atoms with E-state index < -0.39 is 0 Å². The Labute approximate surface area is 143 Å². The number of anilines is 1. The lowest BCUT2D eigenvalue weighted by Crippen LogP contribution is -2.00. The Balaban J connectivity index is 2.23. The van der Waals surface area contributed by atoms with Crippen molar-refractivity contribution < 1.29 is 0 Å². The van der Waals surface area contributed by atoms with Gasteiger partial charge in [0, 0.05) is 16.0 Å². The molecule has 0 fully saturated rings. The maximum absolute atomic E-state index is 9.13. The van der Waals surface area contributed by atoms with Crippen molar-refractivity contribution in [3.8, 4) is 28.2 Å². The van der Waals surface area contributed by atoms with Crippen LogP contribution in [0.5, 0.6) is 0 Å². The van der Waals surface area contributed by atoms with E-state index in [0.717, 1.165) is 5.01 Å². The van der Waals surface area contributed by atoms with Crippen molar-refractivity contribution in [3.63, 3.8) is 0 Å². The third-order valence-electron chi connectivity index (χ3n) is 2.87. The molecule has 3 heterocycles. The van der Waals surface area contributed by atoms with E-state index in [0.29, 0.717) is 21.6 Å². The molecule has 3 aromatic heterocycles. The van der Waals surface area contributed by atoms with Crippen LogP contribution in [0, 0.1) is 11.3 Å². The molecule has 3 aromatic rings. The molecular formula is C14H7BrClN5S. The summed E-state index contributed by atoms with van der Waals surface area (Å²) in [5.74, 6) is 0. The number of nitrogens with zero attached hydrogens (tertiary/aromatic N) is 4. The standard InChI is InChI=1S/C14H7BrClN5S/c15-8-1-2-9(14-19-3-4-22-14)20-12(8)13-11(18)7(6-17)5-10(16)21-13/h1-5H,18H2. The van der Waals surface area contributed by atoms with Gasteiger partial charge < -0.3 is 5.73 Å². The SMILES string of the molecule is N#Cc1cc(Cl)nc(-c2nc(-c3nccs3)ccc2Br)c1N. The fraction of sp³-hybridized carbons (Fsp3) is 0. The predicted molar refractivity (Wildman–Crippen MR) is 90.4 cm³/mol. The quantitative estimate of drug-likeness (QED) is 0.662. The van der Waals surface area contributed by atoms with Gasteiger partial charge in [-0.2, -0.15) is 5.26 Å². The maximum Gasteiger partial charge on any atom is 0.141 e. The molecule has 0 saturated carbocycles. The number of nitrogens with two attached hydrogens (primary N) is 1. The van der Waals surface area contributed by atoms with Crippen LogP contribution in [0.3, 0.4) is 0 Å². The van der Waals surface area contributed by atoms with Crippen LogP contribution in [-0.4, -0.2) is 15.0 Å². The molecule has 0 unspecified atom stereocenters. The van der Waals surface area contributed by atoms with Crippen molar-refractivity contribution in [2.24, 2.45) is 0 Å². The van der Waals surface area contributed by atoms with Crippen LogP contribution in [0.4, 0.5) is 5.69 Å². The Morgan fingerprint density at radius 3 is 2.77 bits per heavy atom. The van der Waals surface area contributed by atoms with Gasteiger partial charge in [-0.25, -0.2) is 15.0 Å². The zero-order valence-electron chi connectivity index (χ0n) is 10.9. The van der Waals surface area contributed by atoms with E-state index in [4.69, 9.17) is 22.6 Å². The van der Waals surface area contributed by atoms with E-state index in [-0.39, 0.29) is 16.4 Å². The minimum Gasteiger partial charge on any atom is -0.396 e. The highest BCUT2D eigenvalue weighted by Crippen LogP contribution is 2.34. The monoisotopic (exact) mass is 391 g/mol. The highest BCUT2D eigenvalue weighted by Gasteiger charge is 2.16. The summed E-state index contributed by atoms with van der Waals surface area (Å²) in [5, 5.41) is 12.0. The largest absolute Gasteiger partial charge is 0.396 e. The van der Waals surface area contributed by atoms with Crippen LogP contribution >= 0.6 is 38.9 Å². The molecule has 0 amide bonds. The van der Waals surface area contributed by atoms with Gasteiger partial charge in [-0.3, -0.25) is 0 Å². The molecule has 108 valence electrons. The molecule has 0 aliphatic rings. The van der Waals surface area contributed by atoms with Gasteiger partial charge in [0.05, 0.1) is 16.9 Å². The lowest BCUT2D eigenvalue weighted by Gasteiger charge is -2.09. The maximum atomic E-state index is 9.13. The molecule has 0 aliphatic carbocycles. The van der Waals surface area contributed by atoms with Crippen molar-refractivity contribution in [1.29, 1.82) is 5.26 Å². The molecule has 0 aliphatic heterocycles. The number of nitriles is 1. The molecule has 0 atom stereocenters. The van der Waals surface area contributed by atoms with Crippen molar-refractivity contribution >= 4 is 44.6 Å². The summed E-state index contributed by atoms with van der Waals surface area (Å²) in [5.41, 5.74) is 8.12. The molecular weight excluding hydrogens is 386 g/mol. The summed E-state index contributed by atoms with van der Waals surface area (Å²) >= 11 is 10.9. The van der Waals surface area contributed by atoms with Gasteiger partial charge in [-0.05, 0) is 34.1 Å². The molecule has 2 N–H and O–H groups in total. The van der Waals surface area contributed by atoms with E-state index in [1.54, 1.807) is 6.20 Å². The first-order valence-electron chi connectivity index (χ1n) is 6.03. The Bertz CT molecular complexity index is 889. The predicted octanol–water partition coefficient (Wildman–Crippen LogP) is 4.14. The van der Waals surface area contributed by atoms with E-state index in [1.165, 1.54) is 17.4 Å². The summed E-state index contributed by atoms with van der Waals surface area (Å²) in [4.78, 5) is 13.0. The van der Waals surface area contributed by atoms with Gasteiger partial charge in [0.25, 0.3) is 0 Å². The lowest BCUT2D eigenvalue weighted by atomic mass is 10.1. The van der Waals surface area contributed by atoms with Crippen molar-refractivity contribution in [2.75, 3.05) is 5.73 Å². The molecule has 8 heteroatoms. The second-order valence-electron chi connectivity index (χ2n) is 4.23. The number of thiazole rings is 1. The van der Waals surface area contributed by atoms with Crippen molar-refractivity contribution in [2.45, 2.75) is 0 Å². The molecule has 0 saturated heterocycles. The zero-order chi connectivity index (χ0) is 15.7. The van der Waals surface area contributed by atoms with Crippen LogP contribution in [0.15, 0.2) is 34.2 Å². The normalized spacial score (nSPS) is 10.4. The molecule has 0 bridgehead atoms. The number of aromatic nitrogens is 3. The third kappa shape index (κ3) is 2.68. The van der Waals surface area contributed by atoms with Gasteiger partial charge in [-0.15, -0.1) is 11.3 Å². The molecule has 0 radical (unpaired) electrons. The zero-order valence-corrected chi connectivity index (χ0v) is 14.1. The third-order valence-corrected chi connectivity index (χ3v) is 4.50. The number of hydrogen-bond donors (Lipinski definition) is 1. The minimum absolute atomic E-state index is 0.189. The second kappa shape index (κ2) is 6.01. The number of pyridine rings is 2. The first-order chi connectivity index (χ1) is 10.6. The fourth-order valence-corrected chi connectivity index (χ4v) is 3.08. The number of nitrogen functional groups attached to an aromatic ring is 1. The van der Waals surface area contributed by atoms with Gasteiger partial charge in [-0.1, -0.05) is 11.6 Å². The summed E-state index contributed by atoms with van der Waals surface area (Å²) in [6.45, 7) is 0. The van der Waals surface area contributed by atoms with Gasteiger partial charge in [0.1, 0.15) is 27.6 Å². The van der Waals surface area contributed by atoms with E-state index in [2.05, 4.69) is 30.9 Å². The summed E-state index contributed by atoms with van der Waals surface area (Å²) in [6, 6.07) is 7.12. The highest BCUT2D eigenvalue weighted by molar-refractivity contribution is 9.10. The van der Waals surface area contributed by atoms with Gasteiger partial charge >= 0.3 is 0 Å². The molecule has 0 aromatic carbocycles. The number of hydrogen-bond acceptors (Lipinski definition) is 6. The molecule has 3 rings (SSSR count). The van der Waals surface area contributed by atoms with Crippen LogP contribution in [0.2, 0.25) is 5.15 Å². The summed E-state index contributed by atoms with van der Waals surface area (Å²) < 4.78 is 0.707. The number of rotatable bonds is 2. The minimum atomic E-state index is 0.189. The van der Waals surface area contributed by atoms with Crippen LogP contribution in [0.1, 0.15) is 5.56 Å². The van der Waals surface area contributed by atoms with Crippen molar-refractivity contribution in [1.82, 2.24) is 15.0 Å². The Hall–Kier alpha value is -2.01. The second-order valence-corrected chi connectivity index (χ2v) is 6.37. The first kappa shape index (κ1) is 14.9. The van der Waals surface area contributed by atoms with E-state index in [9.17, 15) is 0 Å². The first-order valence-corrected chi connectivity index (χ1v) is 8.08. The summed E-state index contributed by atoms with van der Waals surface area (Å²) in [6.07, 6.45) is 1.71. The molecule has 5 nitrogen and oxygen atoms in total. The Kier molecular flexibility index (Phi) is 4.07. The van der Waals surface area contributed by atoms with Gasteiger partial charge in [0.2, 0.25) is 0 Å². The average molecular weight is 393 g/mol. The van der Waals surface area contributed by atoms with E-state index >= 15 is 0 Å². The van der Waals surface area contributed by atoms with Crippen LogP contribution < -0.4 is 5.73 Å². The van der Waals surface area contributed by atoms with E-state index in [1.807, 2.05) is 23.6 Å². The smallest absolute Gasteiger partial charge is 0.141 e. The summed E-state index contributed by atoms with van der Waals surface area (Å²) in [7, 11) is 0.